The number of ether oxygens (including phenoxy) is 1. The number of amides is 1. The van der Waals surface area contributed by atoms with Crippen LogP contribution in [0.3, 0.4) is 0 Å². The number of carbonyl (C=O) groups is 1. The quantitative estimate of drug-likeness (QED) is 0.326. The molecule has 2 aliphatic heterocycles. The lowest BCUT2D eigenvalue weighted by molar-refractivity contribution is -0.182. The summed E-state index contributed by atoms with van der Waals surface area (Å²) in [7, 11) is 1.88. The summed E-state index contributed by atoms with van der Waals surface area (Å²) in [5.41, 5.74) is -0.173. The van der Waals surface area contributed by atoms with Crippen LogP contribution in [0.15, 0.2) is 30.6 Å². The molecule has 1 spiro atoms. The molecule has 10 nitrogen and oxygen atoms in total. The van der Waals surface area contributed by atoms with Crippen LogP contribution in [0.25, 0.3) is 0 Å². The van der Waals surface area contributed by atoms with E-state index < -0.39 is 23.1 Å². The summed E-state index contributed by atoms with van der Waals surface area (Å²) < 4.78 is 50.7. The molecule has 4 heterocycles. The smallest absolute Gasteiger partial charge is 0.380 e. The summed E-state index contributed by atoms with van der Waals surface area (Å²) in [5, 5.41) is 24.3. The predicted octanol–water partition coefficient (Wildman–Crippen LogP) is 4.84. The Hall–Kier alpha value is -4.02. The van der Waals surface area contributed by atoms with Crippen LogP contribution in [0.4, 0.5) is 24.8 Å². The van der Waals surface area contributed by atoms with E-state index in [0.717, 1.165) is 43.5 Å². The van der Waals surface area contributed by atoms with Crippen molar-refractivity contribution in [2.45, 2.75) is 75.7 Å². The number of benzene rings is 1. The first-order valence-electron chi connectivity index (χ1n) is 15.3. The van der Waals surface area contributed by atoms with Gasteiger partial charge in [0.1, 0.15) is 23.8 Å². The number of hydrogen-bond donors (Lipinski definition) is 2. The number of aromatic nitrogens is 4. The number of nitrogens with one attached hydrogen (secondary N) is 2. The van der Waals surface area contributed by atoms with E-state index >= 15 is 0 Å². The van der Waals surface area contributed by atoms with Gasteiger partial charge in [-0.2, -0.15) is 18.4 Å². The van der Waals surface area contributed by atoms with Crippen molar-refractivity contribution >= 4 is 17.5 Å². The molecule has 1 amide bonds. The zero-order chi connectivity index (χ0) is 31.6. The van der Waals surface area contributed by atoms with Gasteiger partial charge in [0, 0.05) is 36.7 Å². The summed E-state index contributed by atoms with van der Waals surface area (Å²) in [6, 6.07) is 8.55. The van der Waals surface area contributed by atoms with E-state index in [-0.39, 0.29) is 47.4 Å². The van der Waals surface area contributed by atoms with Crippen molar-refractivity contribution in [2.24, 2.45) is 12.5 Å². The highest BCUT2D eigenvalue weighted by molar-refractivity contribution is 6.10. The highest BCUT2D eigenvalue weighted by atomic mass is 19.4. The Bertz CT molecular complexity index is 1690. The summed E-state index contributed by atoms with van der Waals surface area (Å²) in [6.45, 7) is 3.67. The number of aryl methyl sites for hydroxylation is 1. The minimum atomic E-state index is -4.63. The van der Waals surface area contributed by atoms with Crippen LogP contribution in [0, 0.1) is 16.7 Å². The van der Waals surface area contributed by atoms with Crippen LogP contribution in [-0.2, 0) is 36.5 Å². The van der Waals surface area contributed by atoms with E-state index in [0.29, 0.717) is 31.1 Å². The Balaban J connectivity index is 1.28. The number of anilines is 2. The van der Waals surface area contributed by atoms with Gasteiger partial charge in [-0.15, -0.1) is 10.2 Å². The van der Waals surface area contributed by atoms with Crippen LogP contribution >= 0.6 is 0 Å². The predicted molar refractivity (Wildman–Crippen MR) is 158 cm³/mol. The number of pyridine rings is 1. The third kappa shape index (κ3) is 5.04. The van der Waals surface area contributed by atoms with Gasteiger partial charge in [-0.3, -0.25) is 9.69 Å². The average molecular weight is 621 g/mol. The van der Waals surface area contributed by atoms with Gasteiger partial charge in [-0.05, 0) is 80.0 Å². The van der Waals surface area contributed by atoms with Crippen molar-refractivity contribution in [3.8, 4) is 6.07 Å². The third-order valence-electron chi connectivity index (χ3n) is 10.1. The van der Waals surface area contributed by atoms with E-state index in [2.05, 4.69) is 33.8 Å². The molecule has 0 atom stereocenters. The Labute approximate surface area is 259 Å². The summed E-state index contributed by atoms with van der Waals surface area (Å²) in [4.78, 5) is 20.0. The molecule has 236 valence electrons. The van der Waals surface area contributed by atoms with Crippen molar-refractivity contribution in [1.82, 2.24) is 25.1 Å². The van der Waals surface area contributed by atoms with Gasteiger partial charge in [-0.1, -0.05) is 0 Å². The Morgan fingerprint density at radius 3 is 2.53 bits per heavy atom. The summed E-state index contributed by atoms with van der Waals surface area (Å²) >= 11 is 0. The number of halogens is 3. The first-order chi connectivity index (χ1) is 21.4. The molecule has 2 aromatic heterocycles. The first-order valence-corrected chi connectivity index (χ1v) is 15.3. The number of alkyl halides is 3. The average Bonchev–Trinajstić information content (AvgIpc) is 3.52. The molecule has 2 aliphatic carbocycles. The maximum atomic E-state index is 14.4. The molecular formula is C32H35F3N8O2. The van der Waals surface area contributed by atoms with Gasteiger partial charge in [0.2, 0.25) is 0 Å². The zero-order valence-corrected chi connectivity index (χ0v) is 25.3. The summed E-state index contributed by atoms with van der Waals surface area (Å²) in [5.74, 6) is 0.914. The molecular weight excluding hydrogens is 585 g/mol. The molecule has 13 heteroatoms. The van der Waals surface area contributed by atoms with Crippen molar-refractivity contribution in [2.75, 3.05) is 30.0 Å². The fourth-order valence-corrected chi connectivity index (χ4v) is 7.51. The molecule has 0 bridgehead atoms. The van der Waals surface area contributed by atoms with Crippen LogP contribution in [0.5, 0.6) is 0 Å². The fourth-order valence-electron chi connectivity index (χ4n) is 7.51. The lowest BCUT2D eigenvalue weighted by Gasteiger charge is -2.59. The molecule has 7 rings (SSSR count). The Morgan fingerprint density at radius 2 is 1.93 bits per heavy atom. The third-order valence-corrected chi connectivity index (χ3v) is 10.1. The van der Waals surface area contributed by atoms with Crippen LogP contribution in [0.1, 0.15) is 83.9 Å². The van der Waals surface area contributed by atoms with Gasteiger partial charge >= 0.3 is 6.18 Å². The van der Waals surface area contributed by atoms with E-state index in [1.807, 2.05) is 17.7 Å². The van der Waals surface area contributed by atoms with Gasteiger partial charge in [0.25, 0.3) is 5.91 Å². The lowest BCUT2D eigenvalue weighted by atomic mass is 9.49. The molecule has 1 saturated heterocycles. The van der Waals surface area contributed by atoms with Gasteiger partial charge in [0.05, 0.1) is 43.2 Å². The number of rotatable bonds is 9. The minimum absolute atomic E-state index is 0.0199. The number of hydrogen-bond acceptors (Lipinski definition) is 8. The molecule has 1 aromatic carbocycles. The molecule has 4 aliphatic rings. The second-order valence-corrected chi connectivity index (χ2v) is 13.5. The van der Waals surface area contributed by atoms with E-state index in [9.17, 15) is 18.0 Å². The van der Waals surface area contributed by atoms with E-state index in [1.165, 1.54) is 11.0 Å². The Morgan fingerprint density at radius 1 is 1.16 bits per heavy atom. The van der Waals surface area contributed by atoms with Crippen molar-refractivity contribution in [3.05, 3.63) is 64.2 Å². The first kappa shape index (κ1) is 29.7. The zero-order valence-electron chi connectivity index (χ0n) is 25.3. The maximum Gasteiger partial charge on any atom is 0.416 e. The van der Waals surface area contributed by atoms with Crippen molar-refractivity contribution in [1.29, 1.82) is 5.26 Å². The number of nitriles is 1. The monoisotopic (exact) mass is 620 g/mol. The minimum Gasteiger partial charge on any atom is -0.380 e. The van der Waals surface area contributed by atoms with Gasteiger partial charge in [-0.25, -0.2) is 4.98 Å². The number of carbonyl (C=O) groups excluding carboxylic acids is 1. The summed E-state index contributed by atoms with van der Waals surface area (Å²) in [6.07, 6.45) is 1.75. The molecule has 45 heavy (non-hydrogen) atoms. The maximum absolute atomic E-state index is 14.4. The lowest BCUT2D eigenvalue weighted by Crippen LogP contribution is -2.60. The van der Waals surface area contributed by atoms with E-state index in [4.69, 9.17) is 15.0 Å². The van der Waals surface area contributed by atoms with Gasteiger partial charge in [0.15, 0.2) is 0 Å². The molecule has 2 saturated carbocycles. The highest BCUT2D eigenvalue weighted by Crippen LogP contribution is 2.62. The topological polar surface area (TPSA) is 121 Å². The SMILES string of the molecule is Cn1cnnc1C1(c2cc(NCCC#N)nc(N3Cc4c(cc(CNC5(C)CCC5)cc4C(F)(F)F)C3=O)c2)CC2(COC2)C1. The van der Waals surface area contributed by atoms with Crippen molar-refractivity contribution in [3.63, 3.8) is 0 Å². The number of nitrogens with zero attached hydrogens (tertiary/aromatic N) is 6. The normalized spacial score (nSPS) is 20.6. The standard InChI is InChI=1S/C32H35F3N8O2/c1-29(5-3-6-29)38-13-20-9-22-23(24(10-20)32(33,34)35)14-43(27(22)44)26-12-21(11-25(40-26)37-8-4-7-36)31(28-41-39-19-42(28)2)15-30(16-31)17-45-18-30/h9-12,19,38H,3-6,8,13-18H2,1-2H3,(H,37,40). The molecule has 0 radical (unpaired) electrons. The van der Waals surface area contributed by atoms with Crippen molar-refractivity contribution < 1.29 is 22.7 Å². The van der Waals surface area contributed by atoms with Crippen LogP contribution in [0.2, 0.25) is 0 Å². The van der Waals surface area contributed by atoms with E-state index in [1.54, 1.807) is 18.5 Å². The van der Waals surface area contributed by atoms with Crippen LogP contribution in [-0.4, -0.2) is 51.0 Å². The fraction of sp³-hybridized carbons (Fsp3) is 0.531. The molecule has 3 aromatic rings. The molecule has 0 unspecified atom stereocenters. The second-order valence-electron chi connectivity index (χ2n) is 13.5. The van der Waals surface area contributed by atoms with Crippen LogP contribution < -0.4 is 15.5 Å². The highest BCUT2D eigenvalue weighted by Gasteiger charge is 2.62. The van der Waals surface area contributed by atoms with Gasteiger partial charge < -0.3 is 19.9 Å². The molecule has 3 fully saturated rings. The second kappa shape index (κ2) is 10.5. The Kier molecular flexibility index (Phi) is 6.94. The largest absolute Gasteiger partial charge is 0.416 e. The number of fused-ring (bicyclic) bond motifs is 1. The molecule has 2 N–H and O–H groups in total.